The molecule has 0 fully saturated rings. The largest absolute Gasteiger partial charge is 0.322 e. The molecule has 3 rings (SSSR count). The number of benzene rings is 2. The summed E-state index contributed by atoms with van der Waals surface area (Å²) >= 11 is 0. The standard InChI is InChI=1S/C20H16N4O2/c25-19(16-5-2-1-3-6-16)23-18-8-4-7-17(13-18)20(26)24-22-14-15-9-11-21-12-10-15/h1-14H,(H,23,25)(H,24,26). The van der Waals surface area contributed by atoms with E-state index in [1.165, 1.54) is 6.21 Å². The van der Waals surface area contributed by atoms with Crippen molar-refractivity contribution in [1.82, 2.24) is 10.4 Å². The zero-order valence-corrected chi connectivity index (χ0v) is 13.8. The van der Waals surface area contributed by atoms with Gasteiger partial charge in [-0.2, -0.15) is 5.10 Å². The highest BCUT2D eigenvalue weighted by molar-refractivity contribution is 6.05. The topological polar surface area (TPSA) is 83.4 Å². The van der Waals surface area contributed by atoms with Crippen molar-refractivity contribution >= 4 is 23.7 Å². The number of hydrogen-bond acceptors (Lipinski definition) is 4. The molecule has 128 valence electrons. The van der Waals surface area contributed by atoms with Crippen molar-refractivity contribution in [3.63, 3.8) is 0 Å². The molecule has 0 spiro atoms. The molecule has 3 aromatic rings. The number of anilines is 1. The molecule has 26 heavy (non-hydrogen) atoms. The van der Waals surface area contributed by atoms with Gasteiger partial charge in [-0.1, -0.05) is 24.3 Å². The molecular formula is C20H16N4O2. The number of rotatable bonds is 5. The highest BCUT2D eigenvalue weighted by Gasteiger charge is 2.08. The number of aromatic nitrogens is 1. The zero-order chi connectivity index (χ0) is 18.2. The Morgan fingerprint density at radius 1 is 0.846 bits per heavy atom. The fraction of sp³-hybridized carbons (Fsp3) is 0. The van der Waals surface area contributed by atoms with E-state index in [1.807, 2.05) is 6.07 Å². The number of nitrogens with one attached hydrogen (secondary N) is 2. The van der Waals surface area contributed by atoms with Gasteiger partial charge in [-0.3, -0.25) is 14.6 Å². The molecular weight excluding hydrogens is 328 g/mol. The van der Waals surface area contributed by atoms with Crippen molar-refractivity contribution in [2.75, 3.05) is 5.32 Å². The molecule has 0 unspecified atom stereocenters. The summed E-state index contributed by atoms with van der Waals surface area (Å²) in [6, 6.07) is 19.1. The maximum absolute atomic E-state index is 12.2. The fourth-order valence-electron chi connectivity index (χ4n) is 2.21. The lowest BCUT2D eigenvalue weighted by Gasteiger charge is -2.07. The SMILES string of the molecule is O=C(NN=Cc1ccncc1)c1cccc(NC(=O)c2ccccc2)c1. The molecule has 6 nitrogen and oxygen atoms in total. The molecule has 0 bridgehead atoms. The first-order valence-corrected chi connectivity index (χ1v) is 7.92. The minimum absolute atomic E-state index is 0.237. The summed E-state index contributed by atoms with van der Waals surface area (Å²) in [5, 5.41) is 6.69. The van der Waals surface area contributed by atoms with Crippen LogP contribution in [0.2, 0.25) is 0 Å². The lowest BCUT2D eigenvalue weighted by Crippen LogP contribution is -2.18. The molecule has 2 aromatic carbocycles. The Hall–Kier alpha value is -3.80. The van der Waals surface area contributed by atoms with Crippen LogP contribution in [0.3, 0.4) is 0 Å². The number of hydrazone groups is 1. The molecule has 6 heteroatoms. The highest BCUT2D eigenvalue weighted by Crippen LogP contribution is 2.12. The Balaban J connectivity index is 1.64. The van der Waals surface area contributed by atoms with Crippen molar-refractivity contribution < 1.29 is 9.59 Å². The molecule has 0 atom stereocenters. The summed E-state index contributed by atoms with van der Waals surface area (Å²) in [5.41, 5.74) is 4.75. The van der Waals surface area contributed by atoms with Crippen LogP contribution in [0.15, 0.2) is 84.2 Å². The second-order valence-corrected chi connectivity index (χ2v) is 5.38. The van der Waals surface area contributed by atoms with Crippen LogP contribution in [0.5, 0.6) is 0 Å². The van der Waals surface area contributed by atoms with Gasteiger partial charge >= 0.3 is 0 Å². The minimum atomic E-state index is -0.369. The number of nitrogens with zero attached hydrogens (tertiary/aromatic N) is 2. The van der Waals surface area contributed by atoms with Gasteiger partial charge in [-0.25, -0.2) is 5.43 Å². The molecule has 0 aliphatic heterocycles. The van der Waals surface area contributed by atoms with Crippen LogP contribution in [0.1, 0.15) is 26.3 Å². The predicted molar refractivity (Wildman–Crippen MR) is 100 cm³/mol. The van der Waals surface area contributed by atoms with Gasteiger partial charge in [0.15, 0.2) is 0 Å². The first-order valence-electron chi connectivity index (χ1n) is 7.92. The zero-order valence-electron chi connectivity index (χ0n) is 13.8. The van der Waals surface area contributed by atoms with Crippen molar-refractivity contribution in [3.8, 4) is 0 Å². The number of amides is 2. The summed E-state index contributed by atoms with van der Waals surface area (Å²) in [6.45, 7) is 0. The first-order chi connectivity index (χ1) is 12.7. The van der Waals surface area contributed by atoms with E-state index in [0.717, 1.165) is 5.56 Å². The first kappa shape index (κ1) is 17.0. The van der Waals surface area contributed by atoms with Crippen LogP contribution < -0.4 is 10.7 Å². The third-order valence-electron chi connectivity index (χ3n) is 3.50. The lowest BCUT2D eigenvalue weighted by molar-refractivity contribution is 0.0953. The van der Waals surface area contributed by atoms with E-state index in [0.29, 0.717) is 16.8 Å². The number of pyridine rings is 1. The summed E-state index contributed by atoms with van der Waals surface area (Å²) in [4.78, 5) is 28.3. The van der Waals surface area contributed by atoms with Crippen LogP contribution in [-0.2, 0) is 0 Å². The third-order valence-corrected chi connectivity index (χ3v) is 3.50. The number of carbonyl (C=O) groups excluding carboxylic acids is 2. The van der Waals surface area contributed by atoms with E-state index >= 15 is 0 Å². The van der Waals surface area contributed by atoms with Gasteiger partial charge in [-0.05, 0) is 48.0 Å². The van der Waals surface area contributed by atoms with Gasteiger partial charge in [0.05, 0.1) is 6.21 Å². The van der Waals surface area contributed by atoms with Gasteiger partial charge < -0.3 is 5.32 Å². The minimum Gasteiger partial charge on any atom is -0.322 e. The van der Waals surface area contributed by atoms with E-state index < -0.39 is 0 Å². The molecule has 1 heterocycles. The predicted octanol–water partition coefficient (Wildman–Crippen LogP) is 3.10. The van der Waals surface area contributed by atoms with Crippen molar-refractivity contribution in [2.45, 2.75) is 0 Å². The van der Waals surface area contributed by atoms with Crippen molar-refractivity contribution in [1.29, 1.82) is 0 Å². The highest BCUT2D eigenvalue weighted by atomic mass is 16.2. The Labute approximate surface area is 150 Å². The maximum atomic E-state index is 12.2. The molecule has 2 amide bonds. The van der Waals surface area contributed by atoms with Crippen LogP contribution >= 0.6 is 0 Å². The molecule has 0 aliphatic rings. The quantitative estimate of drug-likeness (QED) is 0.551. The van der Waals surface area contributed by atoms with Crippen molar-refractivity contribution in [3.05, 3.63) is 95.8 Å². The fourth-order valence-corrected chi connectivity index (χ4v) is 2.21. The Bertz CT molecular complexity index is 925. The lowest BCUT2D eigenvalue weighted by atomic mass is 10.1. The summed E-state index contributed by atoms with van der Waals surface area (Å²) in [6.07, 6.45) is 4.81. The van der Waals surface area contributed by atoms with Crippen LogP contribution in [0, 0.1) is 0 Å². The van der Waals surface area contributed by atoms with Crippen LogP contribution in [0.4, 0.5) is 5.69 Å². The number of carbonyl (C=O) groups is 2. The van der Waals surface area contributed by atoms with Gasteiger partial charge in [-0.15, -0.1) is 0 Å². The molecule has 1 aromatic heterocycles. The van der Waals surface area contributed by atoms with Crippen LogP contribution in [0.25, 0.3) is 0 Å². The third kappa shape index (κ3) is 4.61. The second-order valence-electron chi connectivity index (χ2n) is 5.38. The van der Waals surface area contributed by atoms with E-state index in [1.54, 1.807) is 73.1 Å². The number of hydrogen-bond donors (Lipinski definition) is 2. The van der Waals surface area contributed by atoms with Gasteiger partial charge in [0.1, 0.15) is 0 Å². The summed E-state index contributed by atoms with van der Waals surface area (Å²) < 4.78 is 0. The Kier molecular flexibility index (Phi) is 5.47. The average molecular weight is 344 g/mol. The average Bonchev–Trinajstić information content (AvgIpc) is 2.69. The summed E-state index contributed by atoms with van der Waals surface area (Å²) in [7, 11) is 0. The summed E-state index contributed by atoms with van der Waals surface area (Å²) in [5.74, 6) is -0.606. The second kappa shape index (κ2) is 8.34. The van der Waals surface area contributed by atoms with Crippen molar-refractivity contribution in [2.24, 2.45) is 5.10 Å². The molecule has 0 saturated heterocycles. The normalized spacial score (nSPS) is 10.5. The van der Waals surface area contributed by atoms with E-state index in [9.17, 15) is 9.59 Å². The molecule has 0 aliphatic carbocycles. The van der Waals surface area contributed by atoms with E-state index in [2.05, 4.69) is 20.8 Å². The molecule has 0 saturated carbocycles. The van der Waals surface area contributed by atoms with Crippen LogP contribution in [-0.4, -0.2) is 23.0 Å². The van der Waals surface area contributed by atoms with Gasteiger partial charge in [0.25, 0.3) is 11.8 Å². The maximum Gasteiger partial charge on any atom is 0.271 e. The van der Waals surface area contributed by atoms with E-state index in [-0.39, 0.29) is 11.8 Å². The Morgan fingerprint density at radius 2 is 1.58 bits per heavy atom. The molecule has 0 radical (unpaired) electrons. The smallest absolute Gasteiger partial charge is 0.271 e. The van der Waals surface area contributed by atoms with Gasteiger partial charge in [0, 0.05) is 29.2 Å². The van der Waals surface area contributed by atoms with Gasteiger partial charge in [0.2, 0.25) is 0 Å². The molecule has 2 N–H and O–H groups in total. The monoisotopic (exact) mass is 344 g/mol. The van der Waals surface area contributed by atoms with E-state index in [4.69, 9.17) is 0 Å². The Morgan fingerprint density at radius 3 is 2.35 bits per heavy atom.